The van der Waals surface area contributed by atoms with Crippen LogP contribution in [0.1, 0.15) is 5.56 Å². The van der Waals surface area contributed by atoms with Gasteiger partial charge in [-0.25, -0.2) is 0 Å². The Morgan fingerprint density at radius 1 is 1.12 bits per heavy atom. The summed E-state index contributed by atoms with van der Waals surface area (Å²) < 4.78 is 15.7. The van der Waals surface area contributed by atoms with E-state index in [1.54, 1.807) is 21.3 Å². The summed E-state index contributed by atoms with van der Waals surface area (Å²) in [6, 6.07) is 3.79. The van der Waals surface area contributed by atoms with E-state index in [0.29, 0.717) is 30.3 Å². The number of ether oxygens (including phenoxy) is 3. The Kier molecular flexibility index (Phi) is 5.18. The van der Waals surface area contributed by atoms with Gasteiger partial charge in [-0.2, -0.15) is 0 Å². The SMILES string of the molecule is C#CCNCc1cc(OC)c(OC)c(OC)c1. The summed E-state index contributed by atoms with van der Waals surface area (Å²) in [5.74, 6) is 4.40. The molecule has 0 atom stereocenters. The van der Waals surface area contributed by atoms with Gasteiger partial charge in [-0.05, 0) is 17.7 Å². The number of rotatable bonds is 6. The van der Waals surface area contributed by atoms with Crippen LogP contribution in [0.2, 0.25) is 0 Å². The van der Waals surface area contributed by atoms with Crippen molar-refractivity contribution in [1.82, 2.24) is 5.32 Å². The number of terminal acetylenes is 1. The third-order valence-electron chi connectivity index (χ3n) is 2.28. The summed E-state index contributed by atoms with van der Waals surface area (Å²) in [6.07, 6.45) is 5.17. The zero-order chi connectivity index (χ0) is 12.7. The molecule has 0 bridgehead atoms. The van der Waals surface area contributed by atoms with E-state index in [2.05, 4.69) is 11.2 Å². The number of benzene rings is 1. The molecule has 1 N–H and O–H groups in total. The average Bonchev–Trinajstić information content (AvgIpc) is 2.37. The molecule has 0 spiro atoms. The van der Waals surface area contributed by atoms with Crippen LogP contribution in [0.4, 0.5) is 0 Å². The number of hydrogen-bond acceptors (Lipinski definition) is 4. The second-order valence-electron chi connectivity index (χ2n) is 3.34. The summed E-state index contributed by atoms with van der Waals surface area (Å²) in [5.41, 5.74) is 1.02. The number of hydrogen-bond donors (Lipinski definition) is 1. The Bertz CT molecular complexity index is 385. The summed E-state index contributed by atoms with van der Waals surface area (Å²) >= 11 is 0. The van der Waals surface area contributed by atoms with E-state index >= 15 is 0 Å². The minimum Gasteiger partial charge on any atom is -0.493 e. The zero-order valence-corrected chi connectivity index (χ0v) is 10.4. The van der Waals surface area contributed by atoms with Crippen molar-refractivity contribution in [2.45, 2.75) is 6.54 Å². The Balaban J connectivity index is 2.97. The third-order valence-corrected chi connectivity index (χ3v) is 2.28. The van der Waals surface area contributed by atoms with Crippen molar-refractivity contribution in [3.8, 4) is 29.6 Å². The minimum absolute atomic E-state index is 0.524. The summed E-state index contributed by atoms with van der Waals surface area (Å²) in [7, 11) is 4.77. The standard InChI is InChI=1S/C13H17NO3/c1-5-6-14-9-10-7-11(15-2)13(17-4)12(8-10)16-3/h1,7-8,14H,6,9H2,2-4H3. The molecule has 0 fully saturated rings. The first-order chi connectivity index (χ1) is 8.26. The molecule has 0 aliphatic heterocycles. The van der Waals surface area contributed by atoms with E-state index in [0.717, 1.165) is 5.56 Å². The van der Waals surface area contributed by atoms with E-state index in [1.165, 1.54) is 0 Å². The molecule has 4 heteroatoms. The molecule has 1 aromatic rings. The molecule has 17 heavy (non-hydrogen) atoms. The predicted molar refractivity (Wildman–Crippen MR) is 66.6 cm³/mol. The molecular weight excluding hydrogens is 218 g/mol. The molecule has 0 aromatic heterocycles. The summed E-state index contributed by atoms with van der Waals surface area (Å²) in [5, 5.41) is 3.10. The van der Waals surface area contributed by atoms with Gasteiger partial charge in [0.1, 0.15) is 0 Å². The molecule has 0 heterocycles. The van der Waals surface area contributed by atoms with Gasteiger partial charge in [0.15, 0.2) is 11.5 Å². The van der Waals surface area contributed by atoms with Crippen LogP contribution in [0, 0.1) is 12.3 Å². The summed E-state index contributed by atoms with van der Waals surface area (Å²) in [6.45, 7) is 1.18. The first-order valence-electron chi connectivity index (χ1n) is 5.19. The summed E-state index contributed by atoms with van der Waals surface area (Å²) in [4.78, 5) is 0. The quantitative estimate of drug-likeness (QED) is 0.598. The van der Waals surface area contributed by atoms with Gasteiger partial charge in [0.25, 0.3) is 0 Å². The van der Waals surface area contributed by atoms with Gasteiger partial charge < -0.3 is 19.5 Å². The molecule has 92 valence electrons. The highest BCUT2D eigenvalue weighted by molar-refractivity contribution is 5.53. The highest BCUT2D eigenvalue weighted by atomic mass is 16.5. The van der Waals surface area contributed by atoms with Crippen molar-refractivity contribution in [2.75, 3.05) is 27.9 Å². The first-order valence-corrected chi connectivity index (χ1v) is 5.19. The van der Waals surface area contributed by atoms with Crippen LogP contribution in [-0.4, -0.2) is 27.9 Å². The molecule has 0 aliphatic carbocycles. The third kappa shape index (κ3) is 3.30. The zero-order valence-electron chi connectivity index (χ0n) is 10.4. The molecule has 0 radical (unpaired) electrons. The molecule has 0 saturated heterocycles. The van der Waals surface area contributed by atoms with E-state index in [4.69, 9.17) is 20.6 Å². The van der Waals surface area contributed by atoms with Crippen molar-refractivity contribution in [3.05, 3.63) is 17.7 Å². The lowest BCUT2D eigenvalue weighted by Gasteiger charge is -2.14. The van der Waals surface area contributed by atoms with Crippen LogP contribution in [-0.2, 0) is 6.54 Å². The van der Waals surface area contributed by atoms with E-state index in [9.17, 15) is 0 Å². The van der Waals surface area contributed by atoms with Crippen molar-refractivity contribution < 1.29 is 14.2 Å². The van der Waals surface area contributed by atoms with Gasteiger partial charge in [-0.1, -0.05) is 5.92 Å². The monoisotopic (exact) mass is 235 g/mol. The molecule has 0 unspecified atom stereocenters. The maximum Gasteiger partial charge on any atom is 0.203 e. The fourth-order valence-electron chi connectivity index (χ4n) is 1.52. The lowest BCUT2D eigenvalue weighted by atomic mass is 10.2. The molecule has 4 nitrogen and oxygen atoms in total. The van der Waals surface area contributed by atoms with Gasteiger partial charge in [-0.3, -0.25) is 0 Å². The number of methoxy groups -OCH3 is 3. The predicted octanol–water partition coefficient (Wildman–Crippen LogP) is 1.44. The van der Waals surface area contributed by atoms with Crippen molar-refractivity contribution in [2.24, 2.45) is 0 Å². The number of nitrogens with one attached hydrogen (secondary N) is 1. The Labute approximate surface area is 102 Å². The van der Waals surface area contributed by atoms with Crippen LogP contribution >= 0.6 is 0 Å². The van der Waals surface area contributed by atoms with Crippen molar-refractivity contribution in [3.63, 3.8) is 0 Å². The van der Waals surface area contributed by atoms with Crippen LogP contribution in [0.25, 0.3) is 0 Å². The fraction of sp³-hybridized carbons (Fsp3) is 0.385. The molecule has 0 amide bonds. The minimum atomic E-state index is 0.524. The van der Waals surface area contributed by atoms with Gasteiger partial charge in [-0.15, -0.1) is 6.42 Å². The lowest BCUT2D eigenvalue weighted by molar-refractivity contribution is 0.323. The second kappa shape index (κ2) is 6.66. The first kappa shape index (κ1) is 13.2. The van der Waals surface area contributed by atoms with Gasteiger partial charge in [0.05, 0.1) is 27.9 Å². The smallest absolute Gasteiger partial charge is 0.203 e. The molecule has 0 aliphatic rings. The molecule has 1 aromatic carbocycles. The Hall–Kier alpha value is -1.86. The second-order valence-corrected chi connectivity index (χ2v) is 3.34. The van der Waals surface area contributed by atoms with Gasteiger partial charge in [0.2, 0.25) is 5.75 Å². The van der Waals surface area contributed by atoms with E-state index in [-0.39, 0.29) is 0 Å². The van der Waals surface area contributed by atoms with Gasteiger partial charge in [0, 0.05) is 6.54 Å². The van der Waals surface area contributed by atoms with Crippen LogP contribution in [0.5, 0.6) is 17.2 Å². The highest BCUT2D eigenvalue weighted by Gasteiger charge is 2.12. The normalized spacial score (nSPS) is 9.53. The molecule has 1 rings (SSSR count). The fourth-order valence-corrected chi connectivity index (χ4v) is 1.52. The Morgan fingerprint density at radius 3 is 2.12 bits per heavy atom. The van der Waals surface area contributed by atoms with E-state index < -0.39 is 0 Å². The lowest BCUT2D eigenvalue weighted by Crippen LogP contribution is -2.13. The molecular formula is C13H17NO3. The van der Waals surface area contributed by atoms with Crippen molar-refractivity contribution in [1.29, 1.82) is 0 Å². The van der Waals surface area contributed by atoms with Crippen LogP contribution in [0.15, 0.2) is 12.1 Å². The Morgan fingerprint density at radius 2 is 1.71 bits per heavy atom. The van der Waals surface area contributed by atoms with Gasteiger partial charge >= 0.3 is 0 Å². The highest BCUT2D eigenvalue weighted by Crippen LogP contribution is 2.38. The maximum absolute atomic E-state index is 5.25. The van der Waals surface area contributed by atoms with E-state index in [1.807, 2.05) is 12.1 Å². The van der Waals surface area contributed by atoms with Crippen LogP contribution < -0.4 is 19.5 Å². The molecule has 0 saturated carbocycles. The maximum atomic E-state index is 5.25. The van der Waals surface area contributed by atoms with Crippen LogP contribution in [0.3, 0.4) is 0 Å². The topological polar surface area (TPSA) is 39.7 Å². The van der Waals surface area contributed by atoms with Crippen molar-refractivity contribution >= 4 is 0 Å². The average molecular weight is 235 g/mol. The largest absolute Gasteiger partial charge is 0.493 e.